The molecule has 0 spiro atoms. The molecule has 0 saturated carbocycles. The van der Waals surface area contributed by atoms with Crippen LogP contribution in [-0.4, -0.2) is 28.1 Å². The molecule has 0 aromatic carbocycles. The van der Waals surface area contributed by atoms with E-state index in [4.69, 9.17) is 0 Å². The second-order valence-corrected chi connectivity index (χ2v) is 9.14. The van der Waals surface area contributed by atoms with Gasteiger partial charge in [-0.15, -0.1) is 0 Å². The maximum atomic E-state index is 12.1. The first-order valence-corrected chi connectivity index (χ1v) is 11.1. The largest absolute Gasteiger partial charge is 0.383 e. The van der Waals surface area contributed by atoms with Gasteiger partial charge < -0.3 is 5.11 Å². The highest BCUT2D eigenvalue weighted by atomic mass is 16.3. The zero-order valence-corrected chi connectivity index (χ0v) is 20.0. The molecule has 1 N–H and O–H groups in total. The lowest BCUT2D eigenvalue weighted by atomic mass is 9.94. The van der Waals surface area contributed by atoms with Gasteiger partial charge in [0.15, 0.2) is 17.3 Å². The molecule has 1 rings (SSSR count). The Morgan fingerprint density at radius 2 is 1.39 bits per heavy atom. The predicted molar refractivity (Wildman–Crippen MR) is 127 cm³/mol. The Hall–Kier alpha value is -2.33. The summed E-state index contributed by atoms with van der Waals surface area (Å²) in [6, 6.07) is 0. The summed E-state index contributed by atoms with van der Waals surface area (Å²) in [6.45, 7) is 11.0. The normalized spacial score (nSPS) is 16.4. The molecule has 4 nitrogen and oxygen atoms in total. The van der Waals surface area contributed by atoms with Crippen LogP contribution in [-0.2, 0) is 14.4 Å². The zero-order chi connectivity index (χ0) is 23.6. The van der Waals surface area contributed by atoms with Gasteiger partial charge in [0, 0.05) is 17.6 Å². The van der Waals surface area contributed by atoms with Crippen LogP contribution < -0.4 is 0 Å². The van der Waals surface area contributed by atoms with Crippen LogP contribution in [0.25, 0.3) is 0 Å². The van der Waals surface area contributed by atoms with E-state index in [1.165, 1.54) is 42.7 Å². The number of carbonyl (C=O) groups is 3. The molecular weight excluding hydrogens is 388 g/mol. The Bertz CT molecular complexity index is 839. The molecule has 1 aliphatic rings. The Balaban J connectivity index is 2.37. The lowest BCUT2D eigenvalue weighted by Gasteiger charge is -2.15. The number of carbonyl (C=O) groups excluding carboxylic acids is 3. The molecule has 0 aliphatic heterocycles. The Morgan fingerprint density at radius 3 is 1.94 bits per heavy atom. The van der Waals surface area contributed by atoms with E-state index in [1.54, 1.807) is 6.92 Å². The fourth-order valence-corrected chi connectivity index (χ4v) is 3.26. The smallest absolute Gasteiger partial charge is 0.185 e. The van der Waals surface area contributed by atoms with Gasteiger partial charge >= 0.3 is 0 Å². The van der Waals surface area contributed by atoms with Crippen LogP contribution in [0.1, 0.15) is 86.5 Å². The third kappa shape index (κ3) is 10.5. The molecule has 0 fully saturated rings. The van der Waals surface area contributed by atoms with E-state index >= 15 is 0 Å². The van der Waals surface area contributed by atoms with E-state index < -0.39 is 5.60 Å². The Kier molecular flexibility index (Phi) is 10.8. The number of allylic oxidation sites excluding steroid dienone is 10. The summed E-state index contributed by atoms with van der Waals surface area (Å²) < 4.78 is 0. The van der Waals surface area contributed by atoms with Crippen molar-refractivity contribution in [2.24, 2.45) is 0 Å². The molecule has 4 heteroatoms. The van der Waals surface area contributed by atoms with Gasteiger partial charge in [0.2, 0.25) is 0 Å². The van der Waals surface area contributed by atoms with Crippen molar-refractivity contribution in [3.63, 3.8) is 0 Å². The fourth-order valence-electron chi connectivity index (χ4n) is 3.26. The van der Waals surface area contributed by atoms with E-state index in [9.17, 15) is 19.5 Å². The number of ketones is 3. The first-order valence-electron chi connectivity index (χ1n) is 11.1. The highest BCUT2D eigenvalue weighted by molar-refractivity contribution is 6.20. The quantitative estimate of drug-likeness (QED) is 0.310. The third-order valence-electron chi connectivity index (χ3n) is 5.49. The topological polar surface area (TPSA) is 71.4 Å². The number of rotatable bonds is 12. The summed E-state index contributed by atoms with van der Waals surface area (Å²) in [5.74, 6) is -0.265. The van der Waals surface area contributed by atoms with Crippen LogP contribution in [0, 0.1) is 0 Å². The van der Waals surface area contributed by atoms with E-state index in [0.29, 0.717) is 30.4 Å². The average Bonchev–Trinajstić information content (AvgIpc) is 2.66. The van der Waals surface area contributed by atoms with Crippen molar-refractivity contribution in [3.8, 4) is 0 Å². The predicted octanol–water partition coefficient (Wildman–Crippen LogP) is 5.92. The monoisotopic (exact) mass is 426 g/mol. The summed E-state index contributed by atoms with van der Waals surface area (Å²) in [5, 5.41) is 9.69. The molecule has 0 radical (unpaired) electrons. The van der Waals surface area contributed by atoms with E-state index in [0.717, 1.165) is 25.7 Å². The van der Waals surface area contributed by atoms with Crippen molar-refractivity contribution in [1.82, 2.24) is 0 Å². The summed E-state index contributed by atoms with van der Waals surface area (Å²) in [4.78, 5) is 35.5. The Morgan fingerprint density at radius 1 is 0.871 bits per heavy atom. The first kappa shape index (κ1) is 26.7. The summed E-state index contributed by atoms with van der Waals surface area (Å²) >= 11 is 0. The van der Waals surface area contributed by atoms with E-state index in [2.05, 4.69) is 26.0 Å². The summed E-state index contributed by atoms with van der Waals surface area (Å²) in [7, 11) is 0. The molecule has 0 aromatic rings. The van der Waals surface area contributed by atoms with E-state index in [-0.39, 0.29) is 17.3 Å². The minimum absolute atomic E-state index is 0.0350. The van der Waals surface area contributed by atoms with E-state index in [1.807, 2.05) is 13.0 Å². The molecule has 0 heterocycles. The van der Waals surface area contributed by atoms with Crippen LogP contribution in [0.2, 0.25) is 0 Å². The van der Waals surface area contributed by atoms with Gasteiger partial charge in [-0.1, -0.05) is 34.9 Å². The average molecular weight is 427 g/mol. The molecule has 31 heavy (non-hydrogen) atoms. The van der Waals surface area contributed by atoms with Crippen LogP contribution in [0.15, 0.2) is 58.2 Å². The number of hydrogen-bond donors (Lipinski definition) is 1. The maximum Gasteiger partial charge on any atom is 0.185 e. The highest BCUT2D eigenvalue weighted by Crippen LogP contribution is 2.19. The van der Waals surface area contributed by atoms with Crippen molar-refractivity contribution in [2.45, 2.75) is 92.1 Å². The standard InChI is InChI=1S/C27H38O4/c1-19(10-8-12-21(3)14-16-25(29)27(5,6)31)9-7-11-20(2)13-15-23-18-24(28)17-22(4)26(23)30/h9,12-13,17-18,31H,7-8,10-11,14-16H2,1-6H3/b19-9+,20-13+,21-12+. The second-order valence-electron chi connectivity index (χ2n) is 9.14. The van der Waals surface area contributed by atoms with Crippen LogP contribution in [0.4, 0.5) is 0 Å². The van der Waals surface area contributed by atoms with Crippen molar-refractivity contribution >= 4 is 17.3 Å². The number of hydrogen-bond acceptors (Lipinski definition) is 4. The molecular formula is C27H38O4. The maximum absolute atomic E-state index is 12.1. The molecule has 1 aliphatic carbocycles. The lowest BCUT2D eigenvalue weighted by Crippen LogP contribution is -2.30. The molecule has 0 amide bonds. The molecule has 0 atom stereocenters. The van der Waals surface area contributed by atoms with Crippen LogP contribution >= 0.6 is 0 Å². The van der Waals surface area contributed by atoms with Gasteiger partial charge in [-0.3, -0.25) is 14.4 Å². The van der Waals surface area contributed by atoms with Gasteiger partial charge in [-0.2, -0.15) is 0 Å². The molecule has 0 saturated heterocycles. The third-order valence-corrected chi connectivity index (χ3v) is 5.49. The van der Waals surface area contributed by atoms with Crippen LogP contribution in [0.3, 0.4) is 0 Å². The lowest BCUT2D eigenvalue weighted by molar-refractivity contribution is -0.134. The van der Waals surface area contributed by atoms with Crippen LogP contribution in [0.5, 0.6) is 0 Å². The van der Waals surface area contributed by atoms with Crippen molar-refractivity contribution in [1.29, 1.82) is 0 Å². The van der Waals surface area contributed by atoms with Gasteiger partial charge in [0.05, 0.1) is 0 Å². The van der Waals surface area contributed by atoms with Gasteiger partial charge in [-0.05, 0) is 92.2 Å². The Labute approximate surface area is 187 Å². The minimum Gasteiger partial charge on any atom is -0.383 e. The second kappa shape index (κ2) is 12.5. The number of aliphatic hydroxyl groups is 1. The molecule has 0 unspecified atom stereocenters. The van der Waals surface area contributed by atoms with Crippen molar-refractivity contribution in [2.75, 3.05) is 0 Å². The molecule has 0 aromatic heterocycles. The fraction of sp³-hybridized carbons (Fsp3) is 0.519. The zero-order valence-electron chi connectivity index (χ0n) is 20.0. The SMILES string of the molecule is CC1=CC(=O)C=C(C/C=C(\C)CC/C=C(\C)CC/C=C(\C)CCC(=O)C(C)(C)O)C1=O. The van der Waals surface area contributed by atoms with Gasteiger partial charge in [0.25, 0.3) is 0 Å². The number of Topliss-reactive ketones (excluding diaryl/α,β-unsaturated/α-hetero) is 2. The highest BCUT2D eigenvalue weighted by Gasteiger charge is 2.22. The van der Waals surface area contributed by atoms with Crippen molar-refractivity contribution < 1.29 is 19.5 Å². The molecule has 0 bridgehead atoms. The summed E-state index contributed by atoms with van der Waals surface area (Å²) in [5.41, 5.74) is 3.57. The summed E-state index contributed by atoms with van der Waals surface area (Å²) in [6.07, 6.45) is 14.7. The van der Waals surface area contributed by atoms with Crippen molar-refractivity contribution in [3.05, 3.63) is 58.2 Å². The first-order chi connectivity index (χ1) is 14.4. The molecule has 170 valence electrons. The van der Waals surface area contributed by atoms with Gasteiger partial charge in [0.1, 0.15) is 5.60 Å². The minimum atomic E-state index is -1.25. The van der Waals surface area contributed by atoms with Gasteiger partial charge in [-0.25, -0.2) is 0 Å².